The van der Waals surface area contributed by atoms with Crippen molar-refractivity contribution in [1.29, 1.82) is 0 Å². The molecular weight excluding hydrogens is 1150 g/mol. The zero-order valence-electron chi connectivity index (χ0n) is 54.7. The summed E-state index contributed by atoms with van der Waals surface area (Å²) in [6, 6.07) is 5.59. The third-order valence-corrected chi connectivity index (χ3v) is 19.9. The Kier molecular flexibility index (Phi) is 23.4. The summed E-state index contributed by atoms with van der Waals surface area (Å²) < 4.78 is 80.1. The Hall–Kier alpha value is -4.90. The molecule has 3 aromatic rings. The molecule has 5 N–H and O–H groups in total. The van der Waals surface area contributed by atoms with Gasteiger partial charge in [-0.05, 0) is 103 Å². The molecule has 5 aliphatic rings. The Morgan fingerprint density at radius 3 is 2.31 bits per heavy atom. The molecule has 2 aromatic heterocycles. The van der Waals surface area contributed by atoms with Crippen molar-refractivity contribution in [3.05, 3.63) is 54.1 Å². The number of nitrogen functional groups attached to an aromatic ring is 1. The van der Waals surface area contributed by atoms with Crippen LogP contribution in [0.1, 0.15) is 138 Å². The van der Waals surface area contributed by atoms with Crippen LogP contribution in [0.3, 0.4) is 0 Å². The largest absolute Gasteiger partial charge is 0.458 e. The SMILES string of the molecule is CC[C@@H](OC(=O)[C@H](C)C([C@H]1C[C@@](C)(OC)[C@@H](O)[C@H](C)O1)[C@H](C)[C@@H](O[C@@H]1O[C@H](C)C[C@H](N(C)CCc2cn([C@H](CF)[C@H](OC)c3ccc(-c4cnc(N)nc4)cc3)nn2)[C@H]1O)[C@@](C)(C[C@@H](C)C=O)OC)[C@@]1(C)OC(=O)N(NC2OC2C2CCOCC2)[C@@H]1C(C)C. The lowest BCUT2D eigenvalue weighted by molar-refractivity contribution is -0.305. The highest BCUT2D eigenvalue weighted by molar-refractivity contribution is 5.74. The molecule has 0 aliphatic carbocycles. The van der Waals surface area contributed by atoms with Crippen molar-refractivity contribution < 1.29 is 76.4 Å². The number of cyclic esters (lactones) is 1. The number of benzene rings is 1. The van der Waals surface area contributed by atoms with Crippen LogP contribution >= 0.6 is 0 Å². The number of carbonyl (C=O) groups excluding carboxylic acids is 3. The topological polar surface area (TPSA) is 288 Å². The maximum atomic E-state index is 15.4. The van der Waals surface area contributed by atoms with Crippen LogP contribution in [0.4, 0.5) is 15.1 Å². The van der Waals surface area contributed by atoms with E-state index in [0.29, 0.717) is 50.6 Å². The minimum atomic E-state index is -1.31. The summed E-state index contributed by atoms with van der Waals surface area (Å²) in [4.78, 5) is 52.1. The first-order valence-corrected chi connectivity index (χ1v) is 31.8. The number of rotatable bonds is 30. The molecule has 7 heterocycles. The predicted octanol–water partition coefficient (Wildman–Crippen LogP) is 6.61. The molecule has 25 heteroatoms. The third kappa shape index (κ3) is 15.4. The van der Waals surface area contributed by atoms with Crippen molar-refractivity contribution in [2.45, 2.75) is 223 Å². The van der Waals surface area contributed by atoms with Gasteiger partial charge in [-0.15, -0.1) is 5.10 Å². The quantitative estimate of drug-likeness (QED) is 0.0310. The van der Waals surface area contributed by atoms with Crippen LogP contribution in [-0.4, -0.2) is 208 Å². The van der Waals surface area contributed by atoms with Gasteiger partial charge in [0.05, 0.1) is 53.3 Å². The van der Waals surface area contributed by atoms with Crippen LogP contribution in [0.2, 0.25) is 0 Å². The second kappa shape index (κ2) is 29.8. The Morgan fingerprint density at radius 2 is 1.71 bits per heavy atom. The Bertz CT molecular complexity index is 2770. The number of aldehydes is 1. The molecule has 8 rings (SSSR count). The van der Waals surface area contributed by atoms with Crippen molar-refractivity contribution >= 4 is 24.3 Å². The molecule has 1 amide bonds. The number of nitrogens with one attached hydrogen (secondary N) is 1. The molecule has 3 unspecified atom stereocenters. The number of likely N-dealkylation sites (N-methyl/N-ethyl adjacent to an activating group) is 1. The number of hydrazine groups is 1. The van der Waals surface area contributed by atoms with Crippen molar-refractivity contribution in [3.8, 4) is 11.1 Å². The summed E-state index contributed by atoms with van der Waals surface area (Å²) in [6.45, 7) is 21.5. The molecule has 0 bridgehead atoms. The number of nitrogens with two attached hydrogens (primary N) is 1. The number of carbonyl (C=O) groups is 3. The average Bonchev–Trinajstić information content (AvgIpc) is 1.90. The number of ether oxygens (including phenoxy) is 10. The normalized spacial score (nSPS) is 31.9. The second-order valence-corrected chi connectivity index (χ2v) is 26.6. The Labute approximate surface area is 523 Å². The first-order valence-electron chi connectivity index (χ1n) is 31.8. The molecule has 21 atom stereocenters. The number of aliphatic hydroxyl groups excluding tert-OH is 2. The van der Waals surface area contributed by atoms with E-state index >= 15 is 9.18 Å². The number of anilines is 1. The number of hydrogen-bond donors (Lipinski definition) is 4. The third-order valence-electron chi connectivity index (χ3n) is 19.9. The molecule has 89 heavy (non-hydrogen) atoms. The lowest BCUT2D eigenvalue weighted by Gasteiger charge is -2.52. The van der Waals surface area contributed by atoms with Gasteiger partial charge in [-0.2, -0.15) is 5.43 Å². The van der Waals surface area contributed by atoms with E-state index in [2.05, 4.69) is 25.7 Å². The second-order valence-electron chi connectivity index (χ2n) is 26.6. The van der Waals surface area contributed by atoms with Gasteiger partial charge in [0.2, 0.25) is 5.95 Å². The molecule has 0 saturated carbocycles. The van der Waals surface area contributed by atoms with Gasteiger partial charge in [-0.1, -0.05) is 71.0 Å². The molecule has 0 radical (unpaired) electrons. The van der Waals surface area contributed by atoms with Crippen molar-refractivity contribution in [2.75, 3.05) is 60.5 Å². The summed E-state index contributed by atoms with van der Waals surface area (Å²) in [5.74, 6) is -3.24. The zero-order chi connectivity index (χ0) is 64.9. The van der Waals surface area contributed by atoms with Gasteiger partial charge < -0.3 is 73.0 Å². The number of aromatic nitrogens is 5. The fourth-order valence-corrected chi connectivity index (χ4v) is 14.7. The summed E-state index contributed by atoms with van der Waals surface area (Å²) in [7, 11) is 6.50. The maximum Gasteiger partial charge on any atom is 0.425 e. The Balaban J connectivity index is 1.02. The highest BCUT2D eigenvalue weighted by Crippen LogP contribution is 2.47. The van der Waals surface area contributed by atoms with Crippen molar-refractivity contribution in [1.82, 2.24) is 40.3 Å². The van der Waals surface area contributed by atoms with E-state index in [9.17, 15) is 19.8 Å². The van der Waals surface area contributed by atoms with Gasteiger partial charge in [0.15, 0.2) is 18.1 Å². The smallest absolute Gasteiger partial charge is 0.425 e. The number of halogens is 1. The molecule has 24 nitrogen and oxygen atoms in total. The summed E-state index contributed by atoms with van der Waals surface area (Å²) in [5, 5.41) is 34.4. The number of esters is 1. The van der Waals surface area contributed by atoms with Gasteiger partial charge in [-0.3, -0.25) is 4.79 Å². The first-order chi connectivity index (χ1) is 42.3. The fraction of sp³-hybridized carbons (Fsp3) is 0.766. The van der Waals surface area contributed by atoms with Gasteiger partial charge in [0.25, 0.3) is 0 Å². The summed E-state index contributed by atoms with van der Waals surface area (Å²) in [6.07, 6.45) is -0.0974. The lowest BCUT2D eigenvalue weighted by atomic mass is 9.68. The monoisotopic (exact) mass is 1250 g/mol. The van der Waals surface area contributed by atoms with Gasteiger partial charge in [0, 0.05) is 96.0 Å². The van der Waals surface area contributed by atoms with Crippen molar-refractivity contribution in [3.63, 3.8) is 0 Å². The minimum absolute atomic E-state index is 0.0752. The van der Waals surface area contributed by atoms with E-state index in [4.69, 9.17) is 53.1 Å². The molecule has 5 aliphatic heterocycles. The summed E-state index contributed by atoms with van der Waals surface area (Å²) in [5.41, 5.74) is 8.30. The van der Waals surface area contributed by atoms with Gasteiger partial charge in [-0.25, -0.2) is 28.8 Å². The average molecular weight is 1250 g/mol. The van der Waals surface area contributed by atoms with Crippen LogP contribution < -0.4 is 11.2 Å². The number of epoxide rings is 1. The van der Waals surface area contributed by atoms with E-state index in [-0.39, 0.29) is 37.0 Å². The zero-order valence-corrected chi connectivity index (χ0v) is 54.7. The number of alkyl halides is 1. The molecule has 0 spiro atoms. The first kappa shape index (κ1) is 70.0. The van der Waals surface area contributed by atoms with E-state index in [1.54, 1.807) is 46.5 Å². The van der Waals surface area contributed by atoms with E-state index in [1.807, 2.05) is 91.6 Å². The fourth-order valence-electron chi connectivity index (χ4n) is 14.7. The van der Waals surface area contributed by atoms with E-state index in [0.717, 1.165) is 35.8 Å². The molecule has 1 aromatic carbocycles. The van der Waals surface area contributed by atoms with E-state index < -0.39 is 132 Å². The highest BCUT2D eigenvalue weighted by atomic mass is 19.1. The van der Waals surface area contributed by atoms with Gasteiger partial charge in [0.1, 0.15) is 49.5 Å². The number of aliphatic hydroxyl groups is 2. The van der Waals surface area contributed by atoms with E-state index in [1.165, 1.54) is 23.9 Å². The lowest BCUT2D eigenvalue weighted by Crippen LogP contribution is -2.62. The molecule has 5 saturated heterocycles. The molecule has 498 valence electrons. The molecule has 5 fully saturated rings. The van der Waals surface area contributed by atoms with Crippen LogP contribution in [0.15, 0.2) is 42.9 Å². The van der Waals surface area contributed by atoms with Crippen LogP contribution in [0.5, 0.6) is 0 Å². The summed E-state index contributed by atoms with van der Waals surface area (Å²) >= 11 is 0. The number of nitrogens with zero attached hydrogens (tertiary/aromatic N) is 7. The maximum absolute atomic E-state index is 15.4. The van der Waals surface area contributed by atoms with Crippen LogP contribution in [-0.2, 0) is 63.4 Å². The predicted molar refractivity (Wildman–Crippen MR) is 325 cm³/mol. The standard InChI is InChI=1S/C64H100FN9O15/c1-16-49(64(11)54(35(2)3)74(61(79)89-64)70-57-53(87-57)43-22-25-83-26-23-43)86-58(78)39(7)50(48-29-62(9,81-14)55(77)40(8)85-48)38(6)56(63(10,82-15)28-36(4)34-75)88-59-51(76)46(27-37(5)84-59)72(12)24-21-45-33-73(71-69-45)47(30-65)52(80-13)42-19-17-41(18-20-42)44-31-67-60(66)68-32-44/h17-20,31-40,43,46-57,59,70,76-77H,16,21-30H2,1-15H3,(H2,66,67,68)/t36-,37-,38+,39-,40+,46+,47-,48-,49-,50?,51-,52-,53?,54-,55+,56-,57?,59+,62-,63-,64-/m1/s1. The van der Waals surface area contributed by atoms with Gasteiger partial charge >= 0.3 is 12.1 Å². The highest BCUT2D eigenvalue weighted by Gasteiger charge is 2.61. The number of methoxy groups -OCH3 is 3. The van der Waals surface area contributed by atoms with Crippen LogP contribution in [0.25, 0.3) is 11.1 Å². The number of amides is 1. The minimum Gasteiger partial charge on any atom is -0.458 e. The molecular formula is C64H100FN9O15. The number of hydrogen-bond acceptors (Lipinski definition) is 22. The Morgan fingerprint density at radius 1 is 1.02 bits per heavy atom. The van der Waals surface area contributed by atoms with Crippen LogP contribution in [0, 0.1) is 35.5 Å². The van der Waals surface area contributed by atoms with Crippen molar-refractivity contribution in [2.24, 2.45) is 35.5 Å².